The Morgan fingerprint density at radius 2 is 2.07 bits per heavy atom. The number of pyridine rings is 1. The van der Waals surface area contributed by atoms with Crippen LogP contribution in [0.25, 0.3) is 0 Å². The molecule has 0 aliphatic rings. The molecule has 2 aromatic heterocycles. The van der Waals surface area contributed by atoms with Crippen molar-refractivity contribution in [2.45, 2.75) is 0 Å². The van der Waals surface area contributed by atoms with Crippen LogP contribution >= 0.6 is 0 Å². The molecule has 3 N–H and O–H groups in total. The Morgan fingerprint density at radius 3 is 2.73 bits per heavy atom. The maximum absolute atomic E-state index is 11.7. The van der Waals surface area contributed by atoms with Crippen molar-refractivity contribution in [2.75, 3.05) is 11.2 Å². The van der Waals surface area contributed by atoms with Crippen molar-refractivity contribution in [2.24, 2.45) is 0 Å². The van der Waals surface area contributed by atoms with Crippen molar-refractivity contribution in [3.05, 3.63) is 48.5 Å². The van der Waals surface area contributed by atoms with E-state index in [9.17, 15) is 4.79 Å². The highest BCUT2D eigenvalue weighted by Gasteiger charge is 2.09. The van der Waals surface area contributed by atoms with E-state index in [1.54, 1.807) is 24.5 Å². The van der Waals surface area contributed by atoms with Gasteiger partial charge in [-0.05, 0) is 24.3 Å². The van der Waals surface area contributed by atoms with E-state index >= 15 is 0 Å². The van der Waals surface area contributed by atoms with Gasteiger partial charge in [-0.25, -0.2) is 4.98 Å². The van der Waals surface area contributed by atoms with Crippen LogP contribution in [0.4, 0.5) is 5.69 Å². The van der Waals surface area contributed by atoms with Crippen LogP contribution in [-0.2, 0) is 0 Å². The number of hydrogen-bond donors (Lipinski definition) is 2. The summed E-state index contributed by atoms with van der Waals surface area (Å²) in [5, 5.41) is 0. The van der Waals surface area contributed by atoms with Crippen LogP contribution in [0.15, 0.2) is 42.9 Å². The third-order valence-corrected chi connectivity index (χ3v) is 1.89. The van der Waals surface area contributed by atoms with Gasteiger partial charge in [0.15, 0.2) is 5.69 Å². The molecule has 0 fully saturated rings. The highest BCUT2D eigenvalue weighted by molar-refractivity contribution is 6.02. The zero-order chi connectivity index (χ0) is 10.7. The normalized spacial score (nSPS) is 9.87. The van der Waals surface area contributed by atoms with Gasteiger partial charge in [0.2, 0.25) is 0 Å². The first-order valence-corrected chi connectivity index (χ1v) is 4.42. The molecule has 2 heterocycles. The monoisotopic (exact) mass is 202 g/mol. The number of aromatic nitrogens is 2. The number of hydrogen-bond acceptors (Lipinski definition) is 3. The largest absolute Gasteiger partial charge is 0.397 e. The molecule has 0 saturated heterocycles. The molecule has 5 heteroatoms. The molecule has 1 amide bonds. The van der Waals surface area contributed by atoms with E-state index in [0.717, 1.165) is 0 Å². The highest BCUT2D eigenvalue weighted by atomic mass is 16.2. The van der Waals surface area contributed by atoms with Gasteiger partial charge >= 0.3 is 0 Å². The molecule has 2 aromatic rings. The summed E-state index contributed by atoms with van der Waals surface area (Å²) in [5.41, 5.74) is 8.82. The van der Waals surface area contributed by atoms with Gasteiger partial charge in [0.1, 0.15) is 0 Å². The zero-order valence-electron chi connectivity index (χ0n) is 7.92. The van der Waals surface area contributed by atoms with Crippen molar-refractivity contribution >= 4 is 11.6 Å². The van der Waals surface area contributed by atoms with Crippen molar-refractivity contribution in [1.29, 1.82) is 0 Å². The second kappa shape index (κ2) is 3.83. The fraction of sp³-hybridized carbons (Fsp3) is 0. The molecule has 0 atom stereocenters. The molecule has 0 spiro atoms. The number of nitrogens with two attached hydrogens (primary N) is 1. The maximum Gasteiger partial charge on any atom is 0.290 e. The SMILES string of the molecule is Nc1cccnc1C(=O)Nn1cccc1. The Morgan fingerprint density at radius 1 is 1.33 bits per heavy atom. The van der Waals surface area contributed by atoms with Gasteiger partial charge in [0, 0.05) is 18.6 Å². The first kappa shape index (κ1) is 9.26. The van der Waals surface area contributed by atoms with Gasteiger partial charge < -0.3 is 5.73 Å². The van der Waals surface area contributed by atoms with E-state index in [1.165, 1.54) is 10.9 Å². The number of carbonyl (C=O) groups excluding carboxylic acids is 1. The van der Waals surface area contributed by atoms with E-state index in [1.807, 2.05) is 12.1 Å². The molecule has 76 valence electrons. The standard InChI is InChI=1S/C10H10N4O/c11-8-4-3-5-12-9(8)10(15)13-14-6-1-2-7-14/h1-7H,11H2,(H,13,15). The first-order valence-electron chi connectivity index (χ1n) is 4.42. The summed E-state index contributed by atoms with van der Waals surface area (Å²) in [6.45, 7) is 0. The lowest BCUT2D eigenvalue weighted by atomic mass is 10.3. The van der Waals surface area contributed by atoms with E-state index in [0.29, 0.717) is 5.69 Å². The summed E-state index contributed by atoms with van der Waals surface area (Å²) in [6.07, 6.45) is 4.97. The number of rotatable bonds is 2. The smallest absolute Gasteiger partial charge is 0.290 e. The minimum atomic E-state index is -0.329. The minimum absolute atomic E-state index is 0.228. The predicted octanol–water partition coefficient (Wildman–Crippen LogP) is 0.849. The third-order valence-electron chi connectivity index (χ3n) is 1.89. The molecular formula is C10H10N4O. The van der Waals surface area contributed by atoms with Crippen LogP contribution in [0.1, 0.15) is 10.5 Å². The average Bonchev–Trinajstić information content (AvgIpc) is 2.71. The van der Waals surface area contributed by atoms with Gasteiger partial charge in [0.05, 0.1) is 5.69 Å². The minimum Gasteiger partial charge on any atom is -0.397 e. The molecule has 0 saturated carbocycles. The highest BCUT2D eigenvalue weighted by Crippen LogP contribution is 2.06. The molecule has 0 aromatic carbocycles. The van der Waals surface area contributed by atoms with E-state index in [4.69, 9.17) is 5.73 Å². The van der Waals surface area contributed by atoms with Crippen LogP contribution in [0.2, 0.25) is 0 Å². The predicted molar refractivity (Wildman–Crippen MR) is 56.8 cm³/mol. The van der Waals surface area contributed by atoms with Crippen LogP contribution in [-0.4, -0.2) is 15.6 Å². The molecular weight excluding hydrogens is 192 g/mol. The quantitative estimate of drug-likeness (QED) is 0.758. The van der Waals surface area contributed by atoms with Crippen LogP contribution in [0, 0.1) is 0 Å². The van der Waals surface area contributed by atoms with Crippen LogP contribution in [0.5, 0.6) is 0 Å². The average molecular weight is 202 g/mol. The molecule has 0 aliphatic carbocycles. The summed E-state index contributed by atoms with van der Waals surface area (Å²) < 4.78 is 1.54. The summed E-state index contributed by atoms with van der Waals surface area (Å²) in [6, 6.07) is 6.93. The summed E-state index contributed by atoms with van der Waals surface area (Å²) >= 11 is 0. The lowest BCUT2D eigenvalue weighted by molar-refractivity contribution is 0.100. The summed E-state index contributed by atoms with van der Waals surface area (Å²) in [5.74, 6) is -0.329. The van der Waals surface area contributed by atoms with E-state index < -0.39 is 0 Å². The Labute approximate surface area is 86.5 Å². The Bertz CT molecular complexity index is 464. The van der Waals surface area contributed by atoms with Crippen LogP contribution < -0.4 is 11.2 Å². The second-order valence-corrected chi connectivity index (χ2v) is 2.97. The maximum atomic E-state index is 11.7. The molecule has 15 heavy (non-hydrogen) atoms. The number of nitrogens with one attached hydrogen (secondary N) is 1. The third kappa shape index (κ3) is 1.96. The van der Waals surface area contributed by atoms with Crippen molar-refractivity contribution < 1.29 is 4.79 Å². The molecule has 0 aliphatic heterocycles. The Balaban J connectivity index is 2.19. The number of amides is 1. The first-order chi connectivity index (χ1) is 7.27. The topological polar surface area (TPSA) is 72.9 Å². The second-order valence-electron chi connectivity index (χ2n) is 2.97. The van der Waals surface area contributed by atoms with Crippen molar-refractivity contribution in [1.82, 2.24) is 9.66 Å². The fourth-order valence-electron chi connectivity index (χ4n) is 1.19. The van der Waals surface area contributed by atoms with Gasteiger partial charge in [-0.15, -0.1) is 0 Å². The fourth-order valence-corrected chi connectivity index (χ4v) is 1.19. The summed E-state index contributed by atoms with van der Waals surface area (Å²) in [7, 11) is 0. The number of carbonyl (C=O) groups is 1. The zero-order valence-corrected chi connectivity index (χ0v) is 7.92. The molecule has 5 nitrogen and oxygen atoms in total. The number of nitrogens with zero attached hydrogens (tertiary/aromatic N) is 2. The van der Waals surface area contributed by atoms with Crippen molar-refractivity contribution in [3.63, 3.8) is 0 Å². The number of anilines is 1. The van der Waals surface area contributed by atoms with Gasteiger partial charge in [-0.3, -0.25) is 14.9 Å². The number of nitrogen functional groups attached to an aromatic ring is 1. The van der Waals surface area contributed by atoms with Gasteiger partial charge in [-0.1, -0.05) is 0 Å². The van der Waals surface area contributed by atoms with Crippen molar-refractivity contribution in [3.8, 4) is 0 Å². The van der Waals surface area contributed by atoms with E-state index in [2.05, 4.69) is 10.4 Å². The molecule has 0 bridgehead atoms. The van der Waals surface area contributed by atoms with E-state index in [-0.39, 0.29) is 11.6 Å². The van der Waals surface area contributed by atoms with Gasteiger partial charge in [0.25, 0.3) is 5.91 Å². The Hall–Kier alpha value is -2.30. The van der Waals surface area contributed by atoms with Gasteiger partial charge in [-0.2, -0.15) is 0 Å². The molecule has 0 unspecified atom stereocenters. The van der Waals surface area contributed by atoms with Crippen LogP contribution in [0.3, 0.4) is 0 Å². The lowest BCUT2D eigenvalue weighted by Gasteiger charge is -2.06. The lowest BCUT2D eigenvalue weighted by Crippen LogP contribution is -2.23. The molecule has 0 radical (unpaired) electrons. The summed E-state index contributed by atoms with van der Waals surface area (Å²) in [4.78, 5) is 15.6. The Kier molecular flexibility index (Phi) is 2.37. The molecule has 2 rings (SSSR count).